The highest BCUT2D eigenvalue weighted by atomic mass is 16.5. The van der Waals surface area contributed by atoms with Crippen LogP contribution in [0.15, 0.2) is 24.3 Å². The Morgan fingerprint density at radius 1 is 1.36 bits per heavy atom. The minimum absolute atomic E-state index is 0.00795. The SMILES string of the molecule is CCOc1ccc(N2C[C@H](NC(=O)NC[C@H]3CCCO3)CC2=O)cc1. The molecule has 3 rings (SSSR count). The Bertz CT molecular complexity index is 599. The number of ether oxygens (including phenoxy) is 2. The summed E-state index contributed by atoms with van der Waals surface area (Å²) in [6, 6.07) is 6.99. The molecule has 0 saturated carbocycles. The molecule has 3 amide bonds. The number of hydrogen-bond acceptors (Lipinski definition) is 4. The number of carbonyl (C=O) groups excluding carboxylic acids is 2. The van der Waals surface area contributed by atoms with E-state index in [4.69, 9.17) is 9.47 Å². The fraction of sp³-hybridized carbons (Fsp3) is 0.556. The normalized spacial score (nSPS) is 22.9. The van der Waals surface area contributed by atoms with Crippen molar-refractivity contribution in [2.45, 2.75) is 38.3 Å². The molecule has 2 heterocycles. The van der Waals surface area contributed by atoms with Crippen LogP contribution >= 0.6 is 0 Å². The number of hydrogen-bond donors (Lipinski definition) is 2. The van der Waals surface area contributed by atoms with Crippen molar-refractivity contribution >= 4 is 17.6 Å². The zero-order valence-corrected chi connectivity index (χ0v) is 14.5. The molecule has 136 valence electrons. The van der Waals surface area contributed by atoms with E-state index in [9.17, 15) is 9.59 Å². The van der Waals surface area contributed by atoms with Crippen molar-refractivity contribution < 1.29 is 19.1 Å². The summed E-state index contributed by atoms with van der Waals surface area (Å²) >= 11 is 0. The number of benzene rings is 1. The van der Waals surface area contributed by atoms with Crippen LogP contribution in [0.1, 0.15) is 26.2 Å². The quantitative estimate of drug-likeness (QED) is 0.820. The maximum atomic E-state index is 12.2. The first-order chi connectivity index (χ1) is 12.2. The first-order valence-corrected chi connectivity index (χ1v) is 8.85. The minimum atomic E-state index is -0.248. The van der Waals surface area contributed by atoms with Gasteiger partial charge in [0.2, 0.25) is 5.91 Å². The molecule has 0 aromatic heterocycles. The number of anilines is 1. The van der Waals surface area contributed by atoms with E-state index in [1.807, 2.05) is 31.2 Å². The Labute approximate surface area is 147 Å². The van der Waals surface area contributed by atoms with E-state index in [0.29, 0.717) is 26.1 Å². The number of nitrogens with zero attached hydrogens (tertiary/aromatic N) is 1. The molecule has 7 heteroatoms. The van der Waals surface area contributed by atoms with Gasteiger partial charge in [0.1, 0.15) is 5.75 Å². The van der Waals surface area contributed by atoms with Crippen molar-refractivity contribution in [1.82, 2.24) is 10.6 Å². The molecule has 0 aliphatic carbocycles. The van der Waals surface area contributed by atoms with Crippen LogP contribution in [0, 0.1) is 0 Å². The Balaban J connectivity index is 1.48. The third-order valence-electron chi connectivity index (χ3n) is 4.43. The second-order valence-electron chi connectivity index (χ2n) is 6.32. The standard InChI is InChI=1S/C18H25N3O4/c1-2-24-15-7-5-14(6-8-15)21-12-13(10-17(21)22)20-18(23)19-11-16-4-3-9-25-16/h5-8,13,16H,2-4,9-12H2,1H3,(H2,19,20,23)/t13-,16-/m1/s1. The van der Waals surface area contributed by atoms with E-state index < -0.39 is 0 Å². The molecule has 1 aromatic carbocycles. The van der Waals surface area contributed by atoms with Crippen molar-refractivity contribution in [2.75, 3.05) is 31.2 Å². The molecule has 0 bridgehead atoms. The second-order valence-corrected chi connectivity index (χ2v) is 6.32. The Hall–Kier alpha value is -2.28. The van der Waals surface area contributed by atoms with Crippen molar-refractivity contribution in [2.24, 2.45) is 0 Å². The van der Waals surface area contributed by atoms with Gasteiger partial charge in [0.25, 0.3) is 0 Å². The predicted molar refractivity (Wildman–Crippen MR) is 93.9 cm³/mol. The summed E-state index contributed by atoms with van der Waals surface area (Å²) in [6.07, 6.45) is 2.44. The van der Waals surface area contributed by atoms with Crippen LogP contribution in [0.5, 0.6) is 5.75 Å². The number of urea groups is 1. The van der Waals surface area contributed by atoms with Crippen molar-refractivity contribution in [3.05, 3.63) is 24.3 Å². The van der Waals surface area contributed by atoms with Gasteiger partial charge in [-0.05, 0) is 44.0 Å². The average molecular weight is 347 g/mol. The monoisotopic (exact) mass is 347 g/mol. The van der Waals surface area contributed by atoms with Crippen molar-refractivity contribution in [1.29, 1.82) is 0 Å². The average Bonchev–Trinajstić information content (AvgIpc) is 3.24. The zero-order chi connectivity index (χ0) is 17.6. The van der Waals surface area contributed by atoms with Crippen LogP contribution in [0.4, 0.5) is 10.5 Å². The summed E-state index contributed by atoms with van der Waals surface area (Å²) in [7, 11) is 0. The van der Waals surface area contributed by atoms with E-state index in [2.05, 4.69) is 10.6 Å². The zero-order valence-electron chi connectivity index (χ0n) is 14.5. The largest absolute Gasteiger partial charge is 0.494 e. The number of rotatable bonds is 6. The van der Waals surface area contributed by atoms with Gasteiger partial charge in [0, 0.05) is 31.8 Å². The van der Waals surface area contributed by atoms with Crippen LogP contribution < -0.4 is 20.3 Å². The summed E-state index contributed by atoms with van der Waals surface area (Å²) in [5.41, 5.74) is 0.817. The fourth-order valence-corrected chi connectivity index (χ4v) is 3.19. The molecule has 2 atom stereocenters. The lowest BCUT2D eigenvalue weighted by atomic mass is 10.2. The topological polar surface area (TPSA) is 79.9 Å². The van der Waals surface area contributed by atoms with Crippen LogP contribution in [0.2, 0.25) is 0 Å². The Kier molecular flexibility index (Phi) is 5.75. The van der Waals surface area contributed by atoms with Gasteiger partial charge in [-0.15, -0.1) is 0 Å². The number of carbonyl (C=O) groups is 2. The lowest BCUT2D eigenvalue weighted by Gasteiger charge is -2.18. The molecule has 25 heavy (non-hydrogen) atoms. The van der Waals surface area contributed by atoms with Gasteiger partial charge in [0.05, 0.1) is 18.8 Å². The summed E-state index contributed by atoms with van der Waals surface area (Å²) < 4.78 is 10.9. The van der Waals surface area contributed by atoms with E-state index in [1.165, 1.54) is 0 Å². The molecule has 0 spiro atoms. The minimum Gasteiger partial charge on any atom is -0.494 e. The third kappa shape index (κ3) is 4.63. The van der Waals surface area contributed by atoms with Crippen LogP contribution in [-0.2, 0) is 9.53 Å². The lowest BCUT2D eigenvalue weighted by Crippen LogP contribution is -2.45. The van der Waals surface area contributed by atoms with Crippen molar-refractivity contribution in [3.63, 3.8) is 0 Å². The molecule has 1 aromatic rings. The van der Waals surface area contributed by atoms with Crippen LogP contribution in [0.3, 0.4) is 0 Å². The summed E-state index contributed by atoms with van der Waals surface area (Å²) in [6.45, 7) is 4.28. The molecule has 2 fully saturated rings. The maximum absolute atomic E-state index is 12.2. The molecule has 2 aliphatic rings. The Morgan fingerprint density at radius 3 is 2.84 bits per heavy atom. The predicted octanol–water partition coefficient (Wildman–Crippen LogP) is 1.67. The highest BCUT2D eigenvalue weighted by Crippen LogP contribution is 2.24. The van der Waals surface area contributed by atoms with Gasteiger partial charge in [-0.3, -0.25) is 4.79 Å². The lowest BCUT2D eigenvalue weighted by molar-refractivity contribution is -0.117. The first kappa shape index (κ1) is 17.5. The van der Waals surface area contributed by atoms with Gasteiger partial charge in [-0.25, -0.2) is 4.79 Å². The van der Waals surface area contributed by atoms with Crippen LogP contribution in [0.25, 0.3) is 0 Å². The molecule has 0 unspecified atom stereocenters. The van der Waals surface area contributed by atoms with E-state index in [1.54, 1.807) is 4.90 Å². The number of amides is 3. The summed E-state index contributed by atoms with van der Waals surface area (Å²) in [5.74, 6) is 0.787. The molecule has 7 nitrogen and oxygen atoms in total. The molecule has 2 saturated heterocycles. The smallest absolute Gasteiger partial charge is 0.315 e. The van der Waals surface area contributed by atoms with Gasteiger partial charge in [0.15, 0.2) is 0 Å². The van der Waals surface area contributed by atoms with E-state index >= 15 is 0 Å². The molecule has 0 radical (unpaired) electrons. The molecule has 2 N–H and O–H groups in total. The van der Waals surface area contributed by atoms with Crippen LogP contribution in [-0.4, -0.2) is 50.4 Å². The van der Waals surface area contributed by atoms with Crippen molar-refractivity contribution in [3.8, 4) is 5.75 Å². The van der Waals surface area contributed by atoms with Gasteiger partial charge < -0.3 is 25.0 Å². The first-order valence-electron chi connectivity index (χ1n) is 8.85. The Morgan fingerprint density at radius 2 is 2.16 bits per heavy atom. The maximum Gasteiger partial charge on any atom is 0.315 e. The summed E-state index contributed by atoms with van der Waals surface area (Å²) in [5, 5.41) is 5.69. The van der Waals surface area contributed by atoms with Gasteiger partial charge in [-0.1, -0.05) is 0 Å². The highest BCUT2D eigenvalue weighted by Gasteiger charge is 2.31. The molecular formula is C18H25N3O4. The molecule has 2 aliphatic heterocycles. The fourth-order valence-electron chi connectivity index (χ4n) is 3.19. The van der Waals surface area contributed by atoms with Gasteiger partial charge in [-0.2, -0.15) is 0 Å². The number of nitrogens with one attached hydrogen (secondary N) is 2. The summed E-state index contributed by atoms with van der Waals surface area (Å²) in [4.78, 5) is 25.9. The van der Waals surface area contributed by atoms with E-state index in [-0.39, 0.29) is 24.1 Å². The van der Waals surface area contributed by atoms with Gasteiger partial charge >= 0.3 is 6.03 Å². The third-order valence-corrected chi connectivity index (χ3v) is 4.43. The highest BCUT2D eigenvalue weighted by molar-refractivity contribution is 5.96. The molecular weight excluding hydrogens is 322 g/mol. The second kappa shape index (κ2) is 8.20. The van der Waals surface area contributed by atoms with E-state index in [0.717, 1.165) is 30.9 Å².